The van der Waals surface area contributed by atoms with Crippen molar-refractivity contribution in [1.29, 1.82) is 0 Å². The quantitative estimate of drug-likeness (QED) is 0.747. The summed E-state index contributed by atoms with van der Waals surface area (Å²) in [5.41, 5.74) is 6.11. The Hall–Kier alpha value is 0.880. The number of hydrogen-bond donors (Lipinski definition) is 2. The zero-order valence-corrected chi connectivity index (χ0v) is 13.9. The molecule has 0 aliphatic heterocycles. The number of hydrogen-bond acceptors (Lipinski definition) is 2. The maximum Gasteiger partial charge on any atom is 0.0189 e. The van der Waals surface area contributed by atoms with Gasteiger partial charge in [-0.15, -0.1) is 34.0 Å². The second kappa shape index (κ2) is 6.36. The first-order chi connectivity index (χ1) is 7.30. The third-order valence-corrected chi connectivity index (χ3v) is 4.92. The van der Waals surface area contributed by atoms with Gasteiger partial charge in [-0.25, -0.2) is 0 Å². The molecule has 17 heavy (non-hydrogen) atoms. The number of halogens is 2. The molecule has 2 nitrogen and oxygen atoms in total. The molecule has 0 atom stereocenters. The Balaban J connectivity index is 0.000000722. The Bertz CT molecular complexity index is 210. The molecule has 4 fully saturated rings. The predicted molar refractivity (Wildman–Crippen MR) is 83.2 cm³/mol. The molecule has 0 aromatic heterocycles. The van der Waals surface area contributed by atoms with Gasteiger partial charge in [0.25, 0.3) is 0 Å². The van der Waals surface area contributed by atoms with Gasteiger partial charge in [-0.2, -0.15) is 0 Å². The average molecular weight is 370 g/mol. The smallest absolute Gasteiger partial charge is 0.0189 e. The average Bonchev–Trinajstić information content (AvgIpc) is 2.15. The van der Waals surface area contributed by atoms with Gasteiger partial charge in [0, 0.05) is 5.54 Å². The van der Waals surface area contributed by atoms with E-state index in [-0.39, 0.29) is 34.0 Å². The Morgan fingerprint density at radius 1 is 0.941 bits per heavy atom. The minimum atomic E-state index is 0. The summed E-state index contributed by atoms with van der Waals surface area (Å²) in [7, 11) is 0. The molecule has 4 heteroatoms. The lowest BCUT2D eigenvalue weighted by Crippen LogP contribution is -2.58. The van der Waals surface area contributed by atoms with E-state index in [2.05, 4.69) is 5.32 Å². The molecule has 0 radical (unpaired) electrons. The van der Waals surface area contributed by atoms with Crippen LogP contribution in [0.4, 0.5) is 0 Å². The van der Waals surface area contributed by atoms with Crippen LogP contribution >= 0.6 is 34.0 Å². The standard InChI is InChI=1S/C13H24N2.2BrH/c14-2-1-3-15-13-7-10-4-11(8-13)6-12(5-10)9-13;;/h10-12,15H,1-9,14H2;2*1H. The minimum absolute atomic E-state index is 0. The van der Waals surface area contributed by atoms with E-state index >= 15 is 0 Å². The first kappa shape index (κ1) is 15.9. The van der Waals surface area contributed by atoms with E-state index < -0.39 is 0 Å². The van der Waals surface area contributed by atoms with Crippen molar-refractivity contribution in [2.24, 2.45) is 23.5 Å². The summed E-state index contributed by atoms with van der Waals surface area (Å²) >= 11 is 0. The van der Waals surface area contributed by atoms with Crippen LogP contribution in [0.15, 0.2) is 0 Å². The van der Waals surface area contributed by atoms with Crippen LogP contribution in [0.3, 0.4) is 0 Å². The summed E-state index contributed by atoms with van der Waals surface area (Å²) in [4.78, 5) is 0. The molecule has 0 aromatic carbocycles. The van der Waals surface area contributed by atoms with E-state index in [0.717, 1.165) is 37.3 Å². The molecule has 3 N–H and O–H groups in total. The number of nitrogens with one attached hydrogen (secondary N) is 1. The van der Waals surface area contributed by atoms with E-state index in [1.54, 1.807) is 0 Å². The van der Waals surface area contributed by atoms with Gasteiger partial charge >= 0.3 is 0 Å². The van der Waals surface area contributed by atoms with Crippen molar-refractivity contribution in [3.63, 3.8) is 0 Å². The van der Waals surface area contributed by atoms with Gasteiger partial charge < -0.3 is 11.1 Å². The van der Waals surface area contributed by atoms with Crippen LogP contribution in [0.25, 0.3) is 0 Å². The lowest BCUT2D eigenvalue weighted by Gasteiger charge is -2.57. The summed E-state index contributed by atoms with van der Waals surface area (Å²) in [5.74, 6) is 3.17. The molecular weight excluding hydrogens is 344 g/mol. The molecule has 0 spiro atoms. The summed E-state index contributed by atoms with van der Waals surface area (Å²) in [5, 5.41) is 3.85. The second-order valence-electron chi connectivity index (χ2n) is 6.27. The summed E-state index contributed by atoms with van der Waals surface area (Å²) in [6, 6.07) is 0. The molecule has 4 bridgehead atoms. The molecule has 4 aliphatic rings. The predicted octanol–water partition coefficient (Wildman–Crippen LogP) is 3.05. The normalized spacial score (nSPS) is 41.8. The highest BCUT2D eigenvalue weighted by atomic mass is 79.9. The van der Waals surface area contributed by atoms with Gasteiger partial charge in [0.05, 0.1) is 0 Å². The van der Waals surface area contributed by atoms with Crippen molar-refractivity contribution < 1.29 is 0 Å². The van der Waals surface area contributed by atoms with Gasteiger partial charge in [-0.3, -0.25) is 0 Å². The Morgan fingerprint density at radius 3 is 1.82 bits per heavy atom. The van der Waals surface area contributed by atoms with Crippen molar-refractivity contribution in [3.05, 3.63) is 0 Å². The van der Waals surface area contributed by atoms with Crippen LogP contribution in [-0.4, -0.2) is 18.6 Å². The highest BCUT2D eigenvalue weighted by molar-refractivity contribution is 8.93. The summed E-state index contributed by atoms with van der Waals surface area (Å²) < 4.78 is 0. The van der Waals surface area contributed by atoms with Crippen molar-refractivity contribution in [2.75, 3.05) is 13.1 Å². The van der Waals surface area contributed by atoms with Crippen LogP contribution in [0.2, 0.25) is 0 Å². The van der Waals surface area contributed by atoms with Gasteiger partial charge in [0.2, 0.25) is 0 Å². The molecular formula is C13H26Br2N2. The van der Waals surface area contributed by atoms with Gasteiger partial charge in [0.1, 0.15) is 0 Å². The van der Waals surface area contributed by atoms with Crippen LogP contribution < -0.4 is 11.1 Å². The zero-order chi connectivity index (χ0) is 10.3. The summed E-state index contributed by atoms with van der Waals surface area (Å²) in [6.07, 6.45) is 10.1. The minimum Gasteiger partial charge on any atom is -0.330 e. The largest absolute Gasteiger partial charge is 0.330 e. The van der Waals surface area contributed by atoms with Crippen molar-refractivity contribution >= 4 is 34.0 Å². The van der Waals surface area contributed by atoms with Crippen LogP contribution in [0.1, 0.15) is 44.9 Å². The van der Waals surface area contributed by atoms with Crippen LogP contribution in [-0.2, 0) is 0 Å². The van der Waals surface area contributed by atoms with Crippen LogP contribution in [0.5, 0.6) is 0 Å². The van der Waals surface area contributed by atoms with E-state index in [9.17, 15) is 0 Å². The fourth-order valence-electron chi connectivity index (χ4n) is 4.78. The maximum absolute atomic E-state index is 5.57. The number of rotatable bonds is 4. The Labute approximate surface area is 126 Å². The van der Waals surface area contributed by atoms with E-state index in [1.165, 1.54) is 38.5 Å². The molecule has 4 saturated carbocycles. The molecule has 0 amide bonds. The molecule has 102 valence electrons. The Kier molecular flexibility index (Phi) is 5.96. The van der Waals surface area contributed by atoms with Crippen molar-refractivity contribution in [1.82, 2.24) is 5.32 Å². The number of nitrogens with two attached hydrogens (primary N) is 1. The van der Waals surface area contributed by atoms with Crippen molar-refractivity contribution in [2.45, 2.75) is 50.5 Å². The first-order valence-electron chi connectivity index (χ1n) is 6.75. The van der Waals surface area contributed by atoms with Crippen molar-refractivity contribution in [3.8, 4) is 0 Å². The maximum atomic E-state index is 5.57. The lowest BCUT2D eigenvalue weighted by atomic mass is 9.53. The highest BCUT2D eigenvalue weighted by Crippen LogP contribution is 2.55. The topological polar surface area (TPSA) is 38.0 Å². The molecule has 0 unspecified atom stereocenters. The zero-order valence-electron chi connectivity index (χ0n) is 10.5. The molecule has 4 aliphatic carbocycles. The molecule has 0 heterocycles. The van der Waals surface area contributed by atoms with Crippen LogP contribution in [0, 0.1) is 17.8 Å². The van der Waals surface area contributed by atoms with Gasteiger partial charge in [-0.1, -0.05) is 0 Å². The van der Waals surface area contributed by atoms with Gasteiger partial charge in [-0.05, 0) is 75.8 Å². The third-order valence-electron chi connectivity index (χ3n) is 4.92. The second-order valence-corrected chi connectivity index (χ2v) is 6.27. The first-order valence-corrected chi connectivity index (χ1v) is 6.75. The monoisotopic (exact) mass is 368 g/mol. The molecule has 0 aromatic rings. The third kappa shape index (κ3) is 3.26. The lowest BCUT2D eigenvalue weighted by molar-refractivity contribution is -0.0194. The molecule has 4 rings (SSSR count). The SMILES string of the molecule is Br.Br.NCCCNC12CC3CC(CC(C3)C1)C2. The fourth-order valence-corrected chi connectivity index (χ4v) is 4.78. The summed E-state index contributed by atoms with van der Waals surface area (Å²) in [6.45, 7) is 1.97. The van der Waals surface area contributed by atoms with E-state index in [0.29, 0.717) is 5.54 Å². The Morgan fingerprint density at radius 2 is 1.41 bits per heavy atom. The van der Waals surface area contributed by atoms with Gasteiger partial charge in [0.15, 0.2) is 0 Å². The fraction of sp³-hybridized carbons (Fsp3) is 1.00. The van der Waals surface area contributed by atoms with E-state index in [4.69, 9.17) is 5.73 Å². The molecule has 0 saturated heterocycles. The highest BCUT2D eigenvalue weighted by Gasteiger charge is 2.50. The van der Waals surface area contributed by atoms with E-state index in [1.807, 2.05) is 0 Å².